The van der Waals surface area contributed by atoms with Crippen molar-refractivity contribution in [1.82, 2.24) is 4.31 Å². The first-order valence-electron chi connectivity index (χ1n) is 4.98. The number of hydrogen-bond acceptors (Lipinski definition) is 6. The van der Waals surface area contributed by atoms with E-state index in [2.05, 4.69) is 0 Å². The quantitative estimate of drug-likeness (QED) is 0.646. The summed E-state index contributed by atoms with van der Waals surface area (Å²) in [5.74, 6) is -2.15. The molecule has 0 aromatic heterocycles. The highest BCUT2D eigenvalue weighted by molar-refractivity contribution is 8.06. The standard InChI is InChI=1S/C8H15NO7S2/c1-9(18(14,15)5-17(2,12)13)7-4-16-3-6(7)8(10)11/h6-7H,3-5H2,1-2H3,(H,10,11). The Hall–Kier alpha value is -0.710. The molecule has 2 atom stereocenters. The van der Waals surface area contributed by atoms with Crippen molar-refractivity contribution in [2.75, 3.05) is 31.6 Å². The number of carbonyl (C=O) groups is 1. The molecule has 1 heterocycles. The van der Waals surface area contributed by atoms with Crippen LogP contribution in [0.15, 0.2) is 0 Å². The molecule has 0 radical (unpaired) electrons. The van der Waals surface area contributed by atoms with Crippen LogP contribution in [0.25, 0.3) is 0 Å². The monoisotopic (exact) mass is 301 g/mol. The average Bonchev–Trinajstić information content (AvgIpc) is 2.60. The highest BCUT2D eigenvalue weighted by Crippen LogP contribution is 2.21. The number of nitrogens with zero attached hydrogens (tertiary/aromatic N) is 1. The first-order valence-corrected chi connectivity index (χ1v) is 8.65. The van der Waals surface area contributed by atoms with Gasteiger partial charge in [-0.2, -0.15) is 4.31 Å². The van der Waals surface area contributed by atoms with Crippen LogP contribution in [0.5, 0.6) is 0 Å². The van der Waals surface area contributed by atoms with Gasteiger partial charge in [-0.25, -0.2) is 16.8 Å². The maximum atomic E-state index is 11.8. The Morgan fingerprint density at radius 3 is 2.33 bits per heavy atom. The lowest BCUT2D eigenvalue weighted by Crippen LogP contribution is -2.45. The molecule has 106 valence electrons. The summed E-state index contributed by atoms with van der Waals surface area (Å²) in [6.45, 7) is -0.144. The van der Waals surface area contributed by atoms with Crippen LogP contribution in [-0.4, -0.2) is 69.9 Å². The fourth-order valence-electron chi connectivity index (χ4n) is 1.70. The SMILES string of the molecule is CN(C1COCC1C(=O)O)S(=O)(=O)CS(C)(=O)=O. The van der Waals surface area contributed by atoms with E-state index >= 15 is 0 Å². The van der Waals surface area contributed by atoms with Crippen LogP contribution in [-0.2, 0) is 29.4 Å². The van der Waals surface area contributed by atoms with Gasteiger partial charge in [0.2, 0.25) is 10.0 Å². The summed E-state index contributed by atoms with van der Waals surface area (Å²) in [6.07, 6.45) is 0.804. The fraction of sp³-hybridized carbons (Fsp3) is 0.875. The summed E-state index contributed by atoms with van der Waals surface area (Å²) >= 11 is 0. The van der Waals surface area contributed by atoms with Crippen molar-refractivity contribution in [3.63, 3.8) is 0 Å². The topological polar surface area (TPSA) is 118 Å². The van der Waals surface area contributed by atoms with E-state index in [1.54, 1.807) is 0 Å². The van der Waals surface area contributed by atoms with Crippen molar-refractivity contribution in [3.05, 3.63) is 0 Å². The Morgan fingerprint density at radius 2 is 1.89 bits per heavy atom. The molecular weight excluding hydrogens is 286 g/mol. The van der Waals surface area contributed by atoms with Gasteiger partial charge >= 0.3 is 5.97 Å². The molecular formula is C8H15NO7S2. The molecule has 10 heteroatoms. The van der Waals surface area contributed by atoms with Gasteiger partial charge in [0.05, 0.1) is 25.2 Å². The molecule has 2 unspecified atom stereocenters. The van der Waals surface area contributed by atoms with Gasteiger partial charge in [0.1, 0.15) is 0 Å². The minimum Gasteiger partial charge on any atom is -0.481 e. The minimum absolute atomic E-state index is 0.0591. The van der Waals surface area contributed by atoms with Crippen molar-refractivity contribution >= 4 is 25.8 Å². The largest absolute Gasteiger partial charge is 0.481 e. The first-order chi connectivity index (χ1) is 8.04. The molecule has 0 amide bonds. The molecule has 0 spiro atoms. The fourth-order valence-corrected chi connectivity index (χ4v) is 5.15. The number of sulfone groups is 1. The van der Waals surface area contributed by atoms with E-state index in [4.69, 9.17) is 9.84 Å². The van der Waals surface area contributed by atoms with Gasteiger partial charge in [-0.15, -0.1) is 0 Å². The normalized spacial score (nSPS) is 25.5. The molecule has 1 rings (SSSR count). The number of likely N-dealkylation sites (N-methyl/N-ethyl adjacent to an activating group) is 1. The maximum absolute atomic E-state index is 11.8. The second-order valence-corrected chi connectivity index (χ2v) is 8.76. The molecule has 1 aliphatic rings. The molecule has 1 N–H and O–H groups in total. The molecule has 1 fully saturated rings. The van der Waals surface area contributed by atoms with Crippen LogP contribution in [0, 0.1) is 5.92 Å². The third-order valence-corrected chi connectivity index (χ3v) is 6.69. The van der Waals surface area contributed by atoms with Crippen molar-refractivity contribution in [2.24, 2.45) is 5.92 Å². The van der Waals surface area contributed by atoms with Crippen LogP contribution in [0.1, 0.15) is 0 Å². The Bertz CT molecular complexity index is 524. The Balaban J connectivity index is 2.93. The zero-order valence-electron chi connectivity index (χ0n) is 9.94. The number of aliphatic carboxylic acids is 1. The van der Waals surface area contributed by atoms with Crippen LogP contribution in [0.3, 0.4) is 0 Å². The van der Waals surface area contributed by atoms with Crippen molar-refractivity contribution in [3.8, 4) is 0 Å². The van der Waals surface area contributed by atoms with E-state index in [1.165, 1.54) is 0 Å². The van der Waals surface area contributed by atoms with Gasteiger partial charge in [-0.1, -0.05) is 0 Å². The summed E-state index contributed by atoms with van der Waals surface area (Å²) in [4.78, 5) is 10.9. The summed E-state index contributed by atoms with van der Waals surface area (Å²) in [6, 6.07) is -0.880. The Kier molecular flexibility index (Phi) is 4.36. The second kappa shape index (κ2) is 5.11. The predicted octanol–water partition coefficient (Wildman–Crippen LogP) is -1.65. The lowest BCUT2D eigenvalue weighted by Gasteiger charge is -2.25. The number of carboxylic acid groups (broad SMARTS) is 1. The number of sulfonamides is 1. The van der Waals surface area contributed by atoms with Crippen LogP contribution in [0.4, 0.5) is 0 Å². The van der Waals surface area contributed by atoms with Crippen molar-refractivity contribution in [2.45, 2.75) is 6.04 Å². The van der Waals surface area contributed by atoms with Gasteiger partial charge in [0.25, 0.3) is 0 Å². The number of rotatable bonds is 5. The molecule has 1 aliphatic heterocycles. The van der Waals surface area contributed by atoms with E-state index in [0.29, 0.717) is 0 Å². The second-order valence-electron chi connectivity index (χ2n) is 4.22. The Labute approximate surface area is 106 Å². The first kappa shape index (κ1) is 15.3. The number of ether oxygens (including phenoxy) is 1. The van der Waals surface area contributed by atoms with Gasteiger partial charge in [-0.3, -0.25) is 4.79 Å². The van der Waals surface area contributed by atoms with Gasteiger partial charge in [-0.05, 0) is 0 Å². The number of carboxylic acids is 1. The average molecular weight is 301 g/mol. The molecule has 8 nitrogen and oxygen atoms in total. The van der Waals surface area contributed by atoms with Crippen molar-refractivity contribution in [1.29, 1.82) is 0 Å². The molecule has 0 bridgehead atoms. The third kappa shape index (κ3) is 3.64. The van der Waals surface area contributed by atoms with Crippen LogP contribution in [0.2, 0.25) is 0 Å². The summed E-state index contributed by atoms with van der Waals surface area (Å²) < 4.78 is 51.4. The van der Waals surface area contributed by atoms with E-state index in [1.807, 2.05) is 0 Å². The van der Waals surface area contributed by atoms with Crippen LogP contribution >= 0.6 is 0 Å². The zero-order chi connectivity index (χ0) is 14.1. The predicted molar refractivity (Wildman–Crippen MR) is 62.1 cm³/mol. The van der Waals surface area contributed by atoms with E-state index < -0.39 is 42.9 Å². The molecule has 0 aromatic carbocycles. The van der Waals surface area contributed by atoms with Gasteiger partial charge in [0.15, 0.2) is 14.9 Å². The molecule has 18 heavy (non-hydrogen) atoms. The lowest BCUT2D eigenvalue weighted by atomic mass is 10.1. The third-order valence-electron chi connectivity index (χ3n) is 2.64. The van der Waals surface area contributed by atoms with Crippen LogP contribution < -0.4 is 0 Å². The molecule has 1 saturated heterocycles. The number of hydrogen-bond donors (Lipinski definition) is 1. The van der Waals surface area contributed by atoms with E-state index in [9.17, 15) is 21.6 Å². The molecule has 0 saturated carbocycles. The summed E-state index contributed by atoms with van der Waals surface area (Å²) in [5, 5.41) is 7.87. The summed E-state index contributed by atoms with van der Waals surface area (Å²) in [5.41, 5.74) is 0. The zero-order valence-corrected chi connectivity index (χ0v) is 11.6. The summed E-state index contributed by atoms with van der Waals surface area (Å²) in [7, 11) is -6.62. The molecule has 0 aliphatic carbocycles. The van der Waals surface area contributed by atoms with Gasteiger partial charge < -0.3 is 9.84 Å². The van der Waals surface area contributed by atoms with Crippen molar-refractivity contribution < 1.29 is 31.5 Å². The van der Waals surface area contributed by atoms with Gasteiger partial charge in [0, 0.05) is 13.3 Å². The van der Waals surface area contributed by atoms with E-state index in [0.717, 1.165) is 17.6 Å². The Morgan fingerprint density at radius 1 is 1.33 bits per heavy atom. The minimum atomic E-state index is -4.07. The highest BCUT2D eigenvalue weighted by atomic mass is 32.3. The van der Waals surface area contributed by atoms with E-state index in [-0.39, 0.29) is 13.2 Å². The highest BCUT2D eigenvalue weighted by Gasteiger charge is 2.41. The maximum Gasteiger partial charge on any atom is 0.310 e. The lowest BCUT2D eigenvalue weighted by molar-refractivity contribution is -0.142. The smallest absolute Gasteiger partial charge is 0.310 e. The molecule has 0 aromatic rings.